The fourth-order valence-corrected chi connectivity index (χ4v) is 4.22. The van der Waals surface area contributed by atoms with Gasteiger partial charge < -0.3 is 10.2 Å². The SMILES string of the molecule is Cc1ccc(NC(=O)C(=O)N(C)C2CCS(=O)(=O)C2)cc1Cl. The molecule has 1 aliphatic heterocycles. The van der Waals surface area contributed by atoms with Crippen LogP contribution in [0.5, 0.6) is 0 Å². The van der Waals surface area contributed by atoms with Crippen molar-refractivity contribution in [2.24, 2.45) is 0 Å². The Morgan fingerprint density at radius 3 is 2.59 bits per heavy atom. The lowest BCUT2D eigenvalue weighted by molar-refractivity contribution is -0.143. The number of aryl methyl sites for hydroxylation is 1. The third-order valence-electron chi connectivity index (χ3n) is 3.70. The molecule has 0 spiro atoms. The zero-order chi connectivity index (χ0) is 16.5. The summed E-state index contributed by atoms with van der Waals surface area (Å²) in [5, 5.41) is 2.96. The smallest absolute Gasteiger partial charge is 0.313 e. The van der Waals surface area contributed by atoms with E-state index in [0.717, 1.165) is 5.56 Å². The zero-order valence-corrected chi connectivity index (χ0v) is 13.9. The monoisotopic (exact) mass is 344 g/mol. The number of hydrogen-bond acceptors (Lipinski definition) is 4. The van der Waals surface area contributed by atoms with Gasteiger partial charge in [-0.15, -0.1) is 0 Å². The lowest BCUT2D eigenvalue weighted by Crippen LogP contribution is -2.43. The van der Waals surface area contributed by atoms with Gasteiger partial charge in [0.15, 0.2) is 9.84 Å². The molecule has 1 aliphatic rings. The van der Waals surface area contributed by atoms with Crippen LogP contribution in [0, 0.1) is 6.92 Å². The van der Waals surface area contributed by atoms with Crippen LogP contribution < -0.4 is 5.32 Å². The van der Waals surface area contributed by atoms with Gasteiger partial charge in [0.1, 0.15) is 0 Å². The molecule has 1 aromatic carbocycles. The first kappa shape index (κ1) is 16.8. The van der Waals surface area contributed by atoms with E-state index < -0.39 is 27.7 Å². The molecule has 1 heterocycles. The Labute approximate surface area is 134 Å². The van der Waals surface area contributed by atoms with Gasteiger partial charge in [0.2, 0.25) is 0 Å². The van der Waals surface area contributed by atoms with Crippen molar-refractivity contribution in [2.45, 2.75) is 19.4 Å². The molecule has 0 aromatic heterocycles. The summed E-state index contributed by atoms with van der Waals surface area (Å²) in [6.07, 6.45) is 0.355. The van der Waals surface area contributed by atoms with E-state index in [1.807, 2.05) is 6.92 Å². The number of sulfone groups is 1. The molecule has 120 valence electrons. The Balaban J connectivity index is 2.02. The molecule has 1 saturated heterocycles. The van der Waals surface area contributed by atoms with Crippen molar-refractivity contribution in [1.82, 2.24) is 4.90 Å². The second-order valence-electron chi connectivity index (χ2n) is 5.39. The van der Waals surface area contributed by atoms with Crippen molar-refractivity contribution in [3.63, 3.8) is 0 Å². The van der Waals surface area contributed by atoms with E-state index in [1.165, 1.54) is 11.9 Å². The van der Waals surface area contributed by atoms with E-state index in [0.29, 0.717) is 17.1 Å². The largest absolute Gasteiger partial charge is 0.333 e. The fraction of sp³-hybridized carbons (Fsp3) is 0.429. The van der Waals surface area contributed by atoms with Crippen molar-refractivity contribution in [3.05, 3.63) is 28.8 Å². The van der Waals surface area contributed by atoms with Crippen LogP contribution >= 0.6 is 11.6 Å². The van der Waals surface area contributed by atoms with E-state index in [9.17, 15) is 18.0 Å². The Bertz CT molecular complexity index is 718. The lowest BCUT2D eigenvalue weighted by Gasteiger charge is -2.22. The molecule has 1 aromatic rings. The maximum Gasteiger partial charge on any atom is 0.313 e. The number of rotatable bonds is 2. The first-order valence-electron chi connectivity index (χ1n) is 6.74. The molecule has 8 heteroatoms. The van der Waals surface area contributed by atoms with Crippen molar-refractivity contribution >= 4 is 38.9 Å². The molecule has 0 radical (unpaired) electrons. The molecule has 22 heavy (non-hydrogen) atoms. The van der Waals surface area contributed by atoms with Gasteiger partial charge in [0.25, 0.3) is 0 Å². The van der Waals surface area contributed by atoms with Gasteiger partial charge in [-0.1, -0.05) is 17.7 Å². The van der Waals surface area contributed by atoms with Gasteiger partial charge in [0, 0.05) is 23.8 Å². The van der Waals surface area contributed by atoms with Crippen LogP contribution in [0.15, 0.2) is 18.2 Å². The predicted molar refractivity (Wildman–Crippen MR) is 84.6 cm³/mol. The molecule has 1 fully saturated rings. The number of carbonyl (C=O) groups excluding carboxylic acids is 2. The minimum Gasteiger partial charge on any atom is -0.333 e. The Morgan fingerprint density at radius 1 is 1.36 bits per heavy atom. The third-order valence-corrected chi connectivity index (χ3v) is 5.86. The van der Waals surface area contributed by atoms with E-state index >= 15 is 0 Å². The molecule has 0 aliphatic carbocycles. The highest BCUT2D eigenvalue weighted by Gasteiger charge is 2.34. The van der Waals surface area contributed by atoms with Crippen LogP contribution in [0.25, 0.3) is 0 Å². The topological polar surface area (TPSA) is 83.6 Å². The first-order chi connectivity index (χ1) is 10.2. The summed E-state index contributed by atoms with van der Waals surface area (Å²) in [7, 11) is -1.67. The van der Waals surface area contributed by atoms with Crippen LogP contribution in [0.3, 0.4) is 0 Å². The summed E-state index contributed by atoms with van der Waals surface area (Å²) in [6, 6.07) is 4.48. The fourth-order valence-electron chi connectivity index (χ4n) is 2.26. The van der Waals surface area contributed by atoms with Crippen LogP contribution in [0.1, 0.15) is 12.0 Å². The maximum atomic E-state index is 12.1. The van der Waals surface area contributed by atoms with Gasteiger partial charge >= 0.3 is 11.8 Å². The van der Waals surface area contributed by atoms with Gasteiger partial charge in [-0.2, -0.15) is 0 Å². The van der Waals surface area contributed by atoms with Crippen LogP contribution in [-0.2, 0) is 19.4 Å². The first-order valence-corrected chi connectivity index (χ1v) is 8.94. The quantitative estimate of drug-likeness (QED) is 0.818. The van der Waals surface area contributed by atoms with E-state index in [4.69, 9.17) is 11.6 Å². The molecular formula is C14H17ClN2O4S. The number of halogens is 1. The number of amides is 2. The second kappa shape index (κ2) is 6.26. The van der Waals surface area contributed by atoms with Gasteiger partial charge in [0.05, 0.1) is 11.5 Å². The molecule has 1 N–H and O–H groups in total. The zero-order valence-electron chi connectivity index (χ0n) is 12.3. The number of nitrogens with zero attached hydrogens (tertiary/aromatic N) is 1. The lowest BCUT2D eigenvalue weighted by atomic mass is 10.2. The molecule has 1 unspecified atom stereocenters. The van der Waals surface area contributed by atoms with Crippen LogP contribution in [-0.4, -0.2) is 49.7 Å². The molecule has 1 atom stereocenters. The maximum absolute atomic E-state index is 12.1. The van der Waals surface area contributed by atoms with Gasteiger partial charge in [-0.3, -0.25) is 9.59 Å². The summed E-state index contributed by atoms with van der Waals surface area (Å²) in [6.45, 7) is 1.83. The van der Waals surface area contributed by atoms with Crippen LogP contribution in [0.4, 0.5) is 5.69 Å². The predicted octanol–water partition coefficient (Wildman–Crippen LogP) is 1.23. The molecule has 6 nitrogen and oxygen atoms in total. The summed E-state index contributed by atoms with van der Waals surface area (Å²) < 4.78 is 22.9. The number of likely N-dealkylation sites (N-methyl/N-ethyl adjacent to an activating group) is 1. The number of anilines is 1. The Hall–Kier alpha value is -1.60. The minimum absolute atomic E-state index is 0.0461. The molecule has 2 amide bonds. The highest BCUT2D eigenvalue weighted by atomic mass is 35.5. The highest BCUT2D eigenvalue weighted by Crippen LogP contribution is 2.20. The highest BCUT2D eigenvalue weighted by molar-refractivity contribution is 7.91. The number of nitrogens with one attached hydrogen (secondary N) is 1. The summed E-state index contributed by atoms with van der Waals surface area (Å²) in [5.74, 6) is -1.63. The average Bonchev–Trinajstić information content (AvgIpc) is 2.81. The average molecular weight is 345 g/mol. The number of carbonyl (C=O) groups is 2. The molecule has 0 bridgehead atoms. The van der Waals surface area contributed by atoms with Crippen molar-refractivity contribution in [1.29, 1.82) is 0 Å². The molecular weight excluding hydrogens is 328 g/mol. The van der Waals surface area contributed by atoms with Crippen molar-refractivity contribution < 1.29 is 18.0 Å². The summed E-state index contributed by atoms with van der Waals surface area (Å²) in [4.78, 5) is 25.2. The summed E-state index contributed by atoms with van der Waals surface area (Å²) in [5.41, 5.74) is 1.28. The number of benzene rings is 1. The summed E-state index contributed by atoms with van der Waals surface area (Å²) >= 11 is 5.96. The van der Waals surface area contributed by atoms with E-state index in [2.05, 4.69) is 5.32 Å². The second-order valence-corrected chi connectivity index (χ2v) is 8.03. The van der Waals surface area contributed by atoms with Gasteiger partial charge in [-0.25, -0.2) is 8.42 Å². The van der Waals surface area contributed by atoms with Crippen LogP contribution in [0.2, 0.25) is 5.02 Å². The standard InChI is InChI=1S/C14H17ClN2O4S/c1-9-3-4-10(7-12(9)15)16-13(18)14(19)17(2)11-5-6-22(20,21)8-11/h3-4,7,11H,5-6,8H2,1-2H3,(H,16,18). The normalized spacial score (nSPS) is 19.7. The molecule has 2 rings (SSSR count). The third kappa shape index (κ3) is 3.78. The molecule has 0 saturated carbocycles. The van der Waals surface area contributed by atoms with Gasteiger partial charge in [-0.05, 0) is 31.0 Å². The minimum atomic E-state index is -3.11. The Kier molecular flexibility index (Phi) is 4.77. The Morgan fingerprint density at radius 2 is 2.05 bits per heavy atom. The van der Waals surface area contributed by atoms with Crippen molar-refractivity contribution in [2.75, 3.05) is 23.9 Å². The number of hydrogen-bond donors (Lipinski definition) is 1. The van der Waals surface area contributed by atoms with E-state index in [1.54, 1.807) is 18.2 Å². The van der Waals surface area contributed by atoms with E-state index in [-0.39, 0.29) is 11.5 Å². The van der Waals surface area contributed by atoms with Crippen molar-refractivity contribution in [3.8, 4) is 0 Å².